The maximum Gasteiger partial charge on any atom is 0.215 e. The Morgan fingerprint density at radius 1 is 1.14 bits per heavy atom. The Labute approximate surface area is 258 Å². The molecule has 0 bridgehead atoms. The number of unbranched alkanes of at least 4 members (excludes halogenated alkanes) is 1. The van der Waals surface area contributed by atoms with E-state index in [4.69, 9.17) is 41.9 Å². The zero-order valence-electron chi connectivity index (χ0n) is 25.7. The highest BCUT2D eigenvalue weighted by molar-refractivity contribution is 5.83. The summed E-state index contributed by atoms with van der Waals surface area (Å²) in [7, 11) is 1.57. The summed E-state index contributed by atoms with van der Waals surface area (Å²) in [5, 5.41) is 59.9. The number of likely N-dealkylation sites (N-methyl/N-ethyl adjacent to an activating group) is 1. The fourth-order valence-corrected chi connectivity index (χ4v) is 6.15. The quantitative estimate of drug-likeness (QED) is 0.0713. The fraction of sp³-hybridized carbons (Fsp3) is 0.893. The summed E-state index contributed by atoms with van der Waals surface area (Å²) in [5.41, 5.74) is 22.0. The lowest BCUT2D eigenvalue weighted by Crippen LogP contribution is -2.67. The van der Waals surface area contributed by atoms with Gasteiger partial charge < -0.3 is 78.0 Å². The highest BCUT2D eigenvalue weighted by Gasteiger charge is 2.52. The maximum atomic E-state index is 12.9. The Hall–Kier alpha value is -1.35. The third-order valence-electron chi connectivity index (χ3n) is 8.69. The molecule has 15 N–H and O–H groups in total. The van der Waals surface area contributed by atoms with Crippen LogP contribution in [0.3, 0.4) is 0 Å². The van der Waals surface area contributed by atoms with Crippen molar-refractivity contribution in [2.75, 3.05) is 39.8 Å². The summed E-state index contributed by atoms with van der Waals surface area (Å²) in [6, 6.07) is -1.91. The largest absolute Gasteiger partial charge is 0.467 e. The second-order valence-electron chi connectivity index (χ2n) is 12.2. The van der Waals surface area contributed by atoms with E-state index in [0.717, 1.165) is 12.8 Å². The van der Waals surface area contributed by atoms with Gasteiger partial charge in [-0.05, 0) is 64.7 Å². The predicted octanol–water partition coefficient (Wildman–Crippen LogP) is -4.55. The Morgan fingerprint density at radius 2 is 1.84 bits per heavy atom. The third-order valence-corrected chi connectivity index (χ3v) is 8.69. The molecule has 0 radical (unpaired) electrons. The van der Waals surface area contributed by atoms with E-state index in [-0.39, 0.29) is 38.6 Å². The van der Waals surface area contributed by atoms with Crippen LogP contribution in [0.25, 0.3) is 0 Å². The van der Waals surface area contributed by atoms with E-state index in [1.54, 1.807) is 7.05 Å². The molecule has 3 rings (SSSR count). The fourth-order valence-electron chi connectivity index (χ4n) is 6.15. The Kier molecular flexibility index (Phi) is 14.3. The lowest BCUT2D eigenvalue weighted by atomic mass is 9.76. The van der Waals surface area contributed by atoms with Crippen molar-refractivity contribution in [1.82, 2.24) is 10.6 Å². The van der Waals surface area contributed by atoms with Crippen molar-refractivity contribution >= 4 is 5.78 Å². The number of aliphatic hydroxyl groups is 5. The zero-order chi connectivity index (χ0) is 32.6. The minimum atomic E-state index is -1.74. The number of carbonyl (C=O) groups excluding carboxylic acids is 1. The zero-order valence-corrected chi connectivity index (χ0v) is 25.7. The molecular formula is C28H54N6O10. The molecule has 16 nitrogen and oxygen atoms in total. The number of carbonyl (C=O) groups is 1. The molecule has 256 valence electrons. The van der Waals surface area contributed by atoms with E-state index in [0.29, 0.717) is 25.3 Å². The molecule has 2 aliphatic heterocycles. The van der Waals surface area contributed by atoms with Gasteiger partial charge in [0.05, 0.1) is 37.4 Å². The first kappa shape index (κ1) is 37.1. The summed E-state index contributed by atoms with van der Waals surface area (Å²) < 4.78 is 24.2. The number of hydrogen-bond donors (Lipinski definition) is 11. The molecule has 0 spiro atoms. The minimum Gasteiger partial charge on any atom is -0.467 e. The van der Waals surface area contributed by atoms with Gasteiger partial charge in [0.1, 0.15) is 35.8 Å². The van der Waals surface area contributed by atoms with Crippen molar-refractivity contribution in [2.45, 2.75) is 112 Å². The van der Waals surface area contributed by atoms with E-state index in [9.17, 15) is 30.3 Å². The Bertz CT molecular complexity index is 931. The predicted molar refractivity (Wildman–Crippen MR) is 158 cm³/mol. The third kappa shape index (κ3) is 9.13. The molecule has 1 saturated heterocycles. The standard InChI is InChI=1S/C28H54N6O10/c1-28(40)13-41-27(22(39)25(28)33-2)43-23-14(10-18(35)20(37)19(36)12-31)9-16(32)24(21(23)38)44-26-17(34-8-4-3-7-29)6-5-15(11-30)42-26/h5,14,16-17,19-27,33-34,36-40H,3-4,6-13,29-32H2,1-2H3/t14-,16-,17+,19?,20?,21+,22+,23-,24?,25+,26+,27+,28-/m0/s1. The van der Waals surface area contributed by atoms with Crippen molar-refractivity contribution in [1.29, 1.82) is 0 Å². The number of ether oxygens (including phenoxy) is 4. The molecule has 3 aliphatic rings. The van der Waals surface area contributed by atoms with Crippen molar-refractivity contribution in [3.8, 4) is 0 Å². The van der Waals surface area contributed by atoms with Crippen LogP contribution >= 0.6 is 0 Å². The van der Waals surface area contributed by atoms with Crippen LogP contribution in [0.1, 0.15) is 39.0 Å². The molecule has 3 unspecified atom stereocenters. The van der Waals surface area contributed by atoms with Gasteiger partial charge in [-0.25, -0.2) is 0 Å². The van der Waals surface area contributed by atoms with E-state index in [2.05, 4.69) is 10.6 Å². The summed E-state index contributed by atoms with van der Waals surface area (Å²) in [4.78, 5) is 12.9. The van der Waals surface area contributed by atoms with Gasteiger partial charge in [0.15, 0.2) is 12.1 Å². The van der Waals surface area contributed by atoms with Crippen molar-refractivity contribution in [3.05, 3.63) is 11.8 Å². The molecule has 0 aromatic heterocycles. The summed E-state index contributed by atoms with van der Waals surface area (Å²) in [6.07, 6.45) is -6.45. The van der Waals surface area contributed by atoms with Crippen LogP contribution in [-0.2, 0) is 23.7 Å². The van der Waals surface area contributed by atoms with E-state index < -0.39 is 78.6 Å². The molecule has 2 heterocycles. The van der Waals surface area contributed by atoms with Gasteiger partial charge in [-0.1, -0.05) is 0 Å². The first-order valence-corrected chi connectivity index (χ1v) is 15.4. The van der Waals surface area contributed by atoms with E-state index in [1.165, 1.54) is 6.92 Å². The molecule has 0 aromatic carbocycles. The number of Topliss-reactive ketones (excluding diaryl/α,β-unsaturated/α-hetero) is 1. The number of nitrogens with two attached hydrogens (primary N) is 4. The average Bonchev–Trinajstić information content (AvgIpc) is 2.99. The first-order chi connectivity index (χ1) is 20.9. The lowest BCUT2D eigenvalue weighted by molar-refractivity contribution is -0.308. The van der Waals surface area contributed by atoms with Gasteiger partial charge in [0.2, 0.25) is 6.29 Å². The van der Waals surface area contributed by atoms with Crippen LogP contribution in [0.15, 0.2) is 11.8 Å². The van der Waals surface area contributed by atoms with Gasteiger partial charge in [0.25, 0.3) is 0 Å². The second-order valence-corrected chi connectivity index (χ2v) is 12.2. The molecule has 0 amide bonds. The number of ketones is 1. The van der Waals surface area contributed by atoms with Crippen LogP contribution in [0.5, 0.6) is 0 Å². The minimum absolute atomic E-state index is 0.112. The molecule has 1 saturated carbocycles. The second kappa shape index (κ2) is 17.0. The van der Waals surface area contributed by atoms with Gasteiger partial charge >= 0.3 is 0 Å². The summed E-state index contributed by atoms with van der Waals surface area (Å²) >= 11 is 0. The smallest absolute Gasteiger partial charge is 0.215 e. The number of rotatable bonds is 16. The van der Waals surface area contributed by atoms with E-state index in [1.807, 2.05) is 6.08 Å². The van der Waals surface area contributed by atoms with Crippen LogP contribution in [0, 0.1) is 5.92 Å². The Morgan fingerprint density at radius 3 is 2.48 bits per heavy atom. The van der Waals surface area contributed by atoms with Gasteiger partial charge in [-0.15, -0.1) is 0 Å². The van der Waals surface area contributed by atoms with Gasteiger partial charge in [0, 0.05) is 19.0 Å². The number of aliphatic hydroxyl groups excluding tert-OH is 4. The molecule has 16 heteroatoms. The van der Waals surface area contributed by atoms with Crippen LogP contribution in [0.2, 0.25) is 0 Å². The molecular weight excluding hydrogens is 580 g/mol. The first-order valence-electron chi connectivity index (χ1n) is 15.4. The monoisotopic (exact) mass is 634 g/mol. The normalized spacial score (nSPS) is 39.3. The van der Waals surface area contributed by atoms with Crippen molar-refractivity contribution in [2.24, 2.45) is 28.9 Å². The highest BCUT2D eigenvalue weighted by Crippen LogP contribution is 2.36. The molecule has 2 fully saturated rings. The number of nitrogens with one attached hydrogen (secondary N) is 2. The van der Waals surface area contributed by atoms with Gasteiger partial charge in [-0.3, -0.25) is 4.79 Å². The van der Waals surface area contributed by atoms with Crippen LogP contribution in [0.4, 0.5) is 0 Å². The van der Waals surface area contributed by atoms with Gasteiger partial charge in [-0.2, -0.15) is 0 Å². The summed E-state index contributed by atoms with van der Waals surface area (Å²) in [5.74, 6) is -0.951. The van der Waals surface area contributed by atoms with Crippen LogP contribution < -0.4 is 33.6 Å². The van der Waals surface area contributed by atoms with Crippen molar-refractivity contribution in [3.63, 3.8) is 0 Å². The summed E-state index contributed by atoms with van der Waals surface area (Å²) in [6.45, 7) is 2.38. The molecule has 0 aromatic rings. The van der Waals surface area contributed by atoms with E-state index >= 15 is 0 Å². The molecule has 44 heavy (non-hydrogen) atoms. The van der Waals surface area contributed by atoms with Crippen molar-refractivity contribution < 1.29 is 49.3 Å². The number of hydrogen-bond acceptors (Lipinski definition) is 16. The highest BCUT2D eigenvalue weighted by atomic mass is 16.7. The SMILES string of the molecule is CN[C@@H]1[C@@H](O)[C@@H](O[C@H]2[C@H](CC(=O)C(O)C(O)CN)C[C@H](N)C(O[C@H]3OC(CN)=CC[C@H]3NCCCCN)[C@@H]2O)OC[C@]1(C)O. The molecule has 1 aliphatic carbocycles. The maximum absolute atomic E-state index is 12.9. The lowest BCUT2D eigenvalue weighted by Gasteiger charge is -2.49. The van der Waals surface area contributed by atoms with Crippen LogP contribution in [-0.4, -0.2) is 144 Å². The topological polar surface area (TPSA) is 283 Å². The average molecular weight is 635 g/mol. The Balaban J connectivity index is 1.84. The molecule has 13 atom stereocenters.